The van der Waals surface area contributed by atoms with E-state index in [4.69, 9.17) is 4.42 Å². The average molecular weight is 453 g/mol. The van der Waals surface area contributed by atoms with Gasteiger partial charge in [0, 0.05) is 16.1 Å². The van der Waals surface area contributed by atoms with Gasteiger partial charge in [-0.15, -0.1) is 0 Å². The molecule has 1 saturated heterocycles. The van der Waals surface area contributed by atoms with Gasteiger partial charge in [0.2, 0.25) is 0 Å². The van der Waals surface area contributed by atoms with Crippen molar-refractivity contribution in [1.29, 1.82) is 0 Å². The molecule has 4 nitrogen and oxygen atoms in total. The van der Waals surface area contributed by atoms with Crippen LogP contribution in [-0.2, 0) is 4.79 Å². The fraction of sp³-hybridized carbons (Fsp3) is 0.0909. The molecule has 1 aliphatic rings. The van der Waals surface area contributed by atoms with Crippen LogP contribution in [-0.4, -0.2) is 11.1 Å². The van der Waals surface area contributed by atoms with Crippen molar-refractivity contribution in [2.45, 2.75) is 13.8 Å². The lowest BCUT2D eigenvalue weighted by Gasteiger charge is -2.00. The maximum Gasteiger partial charge on any atom is 0.264 e. The van der Waals surface area contributed by atoms with E-state index in [0.717, 1.165) is 32.6 Å². The fourth-order valence-electron chi connectivity index (χ4n) is 2.94. The molecule has 0 unspecified atom stereocenters. The van der Waals surface area contributed by atoms with Crippen molar-refractivity contribution in [3.63, 3.8) is 0 Å². The van der Waals surface area contributed by atoms with Gasteiger partial charge in [0.05, 0.1) is 10.6 Å². The summed E-state index contributed by atoms with van der Waals surface area (Å²) in [5, 5.41) is 3.39. The molecule has 0 spiro atoms. The van der Waals surface area contributed by atoms with Crippen LogP contribution in [0.5, 0.6) is 0 Å². The van der Waals surface area contributed by atoms with Gasteiger partial charge in [0.1, 0.15) is 11.5 Å². The Morgan fingerprint density at radius 1 is 1.04 bits per heavy atom. The zero-order valence-corrected chi connectivity index (χ0v) is 17.7. The summed E-state index contributed by atoms with van der Waals surface area (Å²) in [4.78, 5) is 17.4. The van der Waals surface area contributed by atoms with E-state index in [1.807, 2.05) is 62.4 Å². The van der Waals surface area contributed by atoms with Crippen LogP contribution in [0.1, 0.15) is 16.9 Å². The summed E-state index contributed by atoms with van der Waals surface area (Å²) < 4.78 is 6.89. The first-order valence-electron chi connectivity index (χ1n) is 8.70. The number of nitrogens with one attached hydrogen (secondary N) is 1. The number of carbonyl (C=O) groups is 1. The first-order valence-corrected chi connectivity index (χ1v) is 10.3. The lowest BCUT2D eigenvalue weighted by atomic mass is 10.1. The topological polar surface area (TPSA) is 54.6 Å². The van der Waals surface area contributed by atoms with Crippen molar-refractivity contribution in [2.24, 2.45) is 4.99 Å². The maximum absolute atomic E-state index is 12.3. The second-order valence-corrected chi connectivity index (χ2v) is 8.48. The summed E-state index contributed by atoms with van der Waals surface area (Å²) in [5.74, 6) is 1.21. The normalized spacial score (nSPS) is 16.8. The van der Waals surface area contributed by atoms with E-state index < -0.39 is 0 Å². The molecule has 0 bridgehead atoms. The Balaban J connectivity index is 1.55. The molecular weight excluding hydrogens is 436 g/mol. The van der Waals surface area contributed by atoms with Crippen LogP contribution in [0.15, 0.2) is 73.4 Å². The first kappa shape index (κ1) is 18.8. The molecule has 0 atom stereocenters. The molecule has 2 heterocycles. The van der Waals surface area contributed by atoms with E-state index in [0.29, 0.717) is 15.8 Å². The van der Waals surface area contributed by atoms with Crippen molar-refractivity contribution >= 4 is 50.5 Å². The number of carbonyl (C=O) groups excluding carboxylic acids is 1. The van der Waals surface area contributed by atoms with Crippen LogP contribution in [0, 0.1) is 13.8 Å². The minimum atomic E-state index is -0.172. The van der Waals surface area contributed by atoms with E-state index >= 15 is 0 Å². The molecule has 1 fully saturated rings. The second-order valence-electron chi connectivity index (χ2n) is 6.54. The number of hydrogen-bond donors (Lipinski definition) is 1. The van der Waals surface area contributed by atoms with Crippen molar-refractivity contribution in [1.82, 2.24) is 5.32 Å². The van der Waals surface area contributed by atoms with Crippen LogP contribution >= 0.6 is 27.7 Å². The molecule has 140 valence electrons. The van der Waals surface area contributed by atoms with Crippen molar-refractivity contribution in [3.8, 4) is 11.3 Å². The summed E-state index contributed by atoms with van der Waals surface area (Å²) in [5.41, 5.74) is 4.09. The highest BCUT2D eigenvalue weighted by molar-refractivity contribution is 9.10. The van der Waals surface area contributed by atoms with Gasteiger partial charge >= 0.3 is 0 Å². The summed E-state index contributed by atoms with van der Waals surface area (Å²) >= 11 is 4.74. The number of rotatable bonds is 3. The summed E-state index contributed by atoms with van der Waals surface area (Å²) in [7, 11) is 0. The Labute approximate surface area is 175 Å². The number of hydrogen-bond acceptors (Lipinski definition) is 4. The molecule has 4 rings (SSSR count). The number of nitrogens with zero attached hydrogens (tertiary/aromatic N) is 1. The van der Waals surface area contributed by atoms with Crippen molar-refractivity contribution < 1.29 is 9.21 Å². The molecule has 1 N–H and O–H groups in total. The average Bonchev–Trinajstić information content (AvgIpc) is 3.22. The maximum atomic E-state index is 12.3. The number of thioether (sulfide) groups is 1. The number of furan rings is 1. The van der Waals surface area contributed by atoms with Crippen LogP contribution in [0.25, 0.3) is 17.4 Å². The SMILES string of the molecule is Cc1cc(C)cc(N=C2NC(=O)C(=Cc3ccc(-c4ccc(Br)cc4)o3)S2)c1. The number of benzene rings is 2. The smallest absolute Gasteiger partial charge is 0.264 e. The molecule has 6 heteroatoms. The fourth-order valence-corrected chi connectivity index (χ4v) is 4.03. The summed E-state index contributed by atoms with van der Waals surface area (Å²) in [6.45, 7) is 4.06. The second kappa shape index (κ2) is 7.81. The zero-order valence-electron chi connectivity index (χ0n) is 15.3. The minimum absolute atomic E-state index is 0.172. The Bertz CT molecular complexity index is 1090. The molecule has 1 amide bonds. The van der Waals surface area contributed by atoms with E-state index in [1.54, 1.807) is 6.08 Å². The highest BCUT2D eigenvalue weighted by Crippen LogP contribution is 2.30. The predicted molar refractivity (Wildman–Crippen MR) is 119 cm³/mol. The van der Waals surface area contributed by atoms with Crippen LogP contribution < -0.4 is 5.32 Å². The zero-order chi connectivity index (χ0) is 19.7. The minimum Gasteiger partial charge on any atom is -0.457 e. The third-order valence-corrected chi connectivity index (χ3v) is 5.56. The van der Waals surface area contributed by atoms with Gasteiger partial charge in [-0.05, 0) is 73.1 Å². The molecule has 0 aliphatic carbocycles. The first-order chi connectivity index (χ1) is 13.5. The lowest BCUT2D eigenvalue weighted by Crippen LogP contribution is -2.19. The number of amidine groups is 1. The van der Waals surface area contributed by atoms with Gasteiger partial charge in [-0.3, -0.25) is 4.79 Å². The number of aliphatic imine (C=N–C) groups is 1. The molecular formula is C22H17BrN2O2S. The van der Waals surface area contributed by atoms with E-state index in [1.165, 1.54) is 11.8 Å². The largest absolute Gasteiger partial charge is 0.457 e. The lowest BCUT2D eigenvalue weighted by molar-refractivity contribution is -0.115. The predicted octanol–water partition coefficient (Wildman–Crippen LogP) is 6.22. The highest BCUT2D eigenvalue weighted by Gasteiger charge is 2.24. The Kier molecular flexibility index (Phi) is 5.24. The molecule has 0 radical (unpaired) electrons. The van der Waals surface area contributed by atoms with Crippen molar-refractivity contribution in [2.75, 3.05) is 0 Å². The molecule has 2 aromatic carbocycles. The van der Waals surface area contributed by atoms with Gasteiger partial charge in [0.15, 0.2) is 5.17 Å². The third kappa shape index (κ3) is 4.29. The number of aryl methyl sites for hydroxylation is 2. The van der Waals surface area contributed by atoms with Gasteiger partial charge in [-0.1, -0.05) is 34.1 Å². The Morgan fingerprint density at radius 2 is 1.75 bits per heavy atom. The van der Waals surface area contributed by atoms with Gasteiger partial charge in [-0.25, -0.2) is 4.99 Å². The molecule has 1 aromatic heterocycles. The standard InChI is InChI=1S/C22H17BrN2O2S/c1-13-9-14(2)11-17(10-13)24-22-25-21(26)20(28-22)12-18-7-8-19(27-18)15-3-5-16(23)6-4-15/h3-12H,1-2H3,(H,24,25,26). The summed E-state index contributed by atoms with van der Waals surface area (Å²) in [6.07, 6.45) is 1.74. The Morgan fingerprint density at radius 3 is 2.46 bits per heavy atom. The molecule has 3 aromatic rings. The summed E-state index contributed by atoms with van der Waals surface area (Å²) in [6, 6.07) is 17.7. The van der Waals surface area contributed by atoms with E-state index in [-0.39, 0.29) is 5.91 Å². The van der Waals surface area contributed by atoms with Crippen LogP contribution in [0.3, 0.4) is 0 Å². The molecule has 28 heavy (non-hydrogen) atoms. The van der Waals surface area contributed by atoms with E-state index in [2.05, 4.69) is 32.3 Å². The van der Waals surface area contributed by atoms with Crippen LogP contribution in [0.4, 0.5) is 5.69 Å². The third-order valence-electron chi connectivity index (χ3n) is 4.12. The number of amides is 1. The van der Waals surface area contributed by atoms with Gasteiger partial charge < -0.3 is 9.73 Å². The number of halogens is 1. The quantitative estimate of drug-likeness (QED) is 0.480. The van der Waals surface area contributed by atoms with Gasteiger partial charge in [0.25, 0.3) is 5.91 Å². The Hall–Kier alpha value is -2.57. The highest BCUT2D eigenvalue weighted by atomic mass is 79.9. The van der Waals surface area contributed by atoms with Gasteiger partial charge in [-0.2, -0.15) is 0 Å². The molecule has 0 saturated carbocycles. The van der Waals surface area contributed by atoms with Crippen molar-refractivity contribution in [3.05, 3.63) is 80.9 Å². The van der Waals surface area contributed by atoms with E-state index in [9.17, 15) is 4.79 Å². The van der Waals surface area contributed by atoms with Crippen LogP contribution in [0.2, 0.25) is 0 Å². The molecule has 1 aliphatic heterocycles. The monoisotopic (exact) mass is 452 g/mol.